The summed E-state index contributed by atoms with van der Waals surface area (Å²) in [6, 6.07) is 5.76. The maximum atomic E-state index is 13.5. The summed E-state index contributed by atoms with van der Waals surface area (Å²) in [5.41, 5.74) is 0.680. The van der Waals surface area contributed by atoms with Gasteiger partial charge in [-0.25, -0.2) is 17.5 Å². The van der Waals surface area contributed by atoms with E-state index in [0.29, 0.717) is 31.8 Å². The lowest BCUT2D eigenvalue weighted by Gasteiger charge is -2.36. The van der Waals surface area contributed by atoms with E-state index in [-0.39, 0.29) is 49.1 Å². The van der Waals surface area contributed by atoms with Gasteiger partial charge in [-0.15, -0.1) is 12.4 Å². The van der Waals surface area contributed by atoms with E-state index in [2.05, 4.69) is 10.0 Å². The first-order valence-corrected chi connectivity index (χ1v) is 9.89. The summed E-state index contributed by atoms with van der Waals surface area (Å²) in [6.07, 6.45) is 0. The van der Waals surface area contributed by atoms with Crippen LogP contribution in [0, 0.1) is 5.82 Å². The van der Waals surface area contributed by atoms with Crippen molar-refractivity contribution in [1.82, 2.24) is 14.9 Å². The Morgan fingerprint density at radius 3 is 2.92 bits per heavy atom. The van der Waals surface area contributed by atoms with Crippen LogP contribution in [-0.2, 0) is 19.6 Å². The number of nitrogens with one attached hydrogen (secondary N) is 2. The molecular formula is C16H25ClFN3O4S. The number of carbonyl (C=O) groups is 1. The van der Waals surface area contributed by atoms with Gasteiger partial charge in [0.05, 0.1) is 24.9 Å². The zero-order valence-corrected chi connectivity index (χ0v) is 16.2. The van der Waals surface area contributed by atoms with Gasteiger partial charge in [-0.1, -0.05) is 12.1 Å². The van der Waals surface area contributed by atoms with Gasteiger partial charge in [-0.05, 0) is 24.6 Å². The number of sulfonamides is 1. The largest absolute Gasteiger partial charge is 0.381 e. The lowest BCUT2D eigenvalue weighted by molar-refractivity contribution is -0.133. The highest BCUT2D eigenvalue weighted by Crippen LogP contribution is 2.22. The number of ether oxygens (including phenoxy) is 1. The summed E-state index contributed by atoms with van der Waals surface area (Å²) in [4.78, 5) is 14.1. The molecule has 26 heavy (non-hydrogen) atoms. The normalized spacial score (nSPS) is 17.6. The maximum Gasteiger partial charge on any atom is 0.238 e. The monoisotopic (exact) mass is 409 g/mol. The Balaban J connectivity index is 0.00000338. The van der Waals surface area contributed by atoms with Gasteiger partial charge in [-0.2, -0.15) is 0 Å². The molecule has 1 saturated heterocycles. The molecule has 7 nitrogen and oxygen atoms in total. The molecule has 1 aromatic carbocycles. The molecule has 1 unspecified atom stereocenters. The van der Waals surface area contributed by atoms with Gasteiger partial charge in [0.15, 0.2) is 0 Å². The number of halogens is 2. The molecule has 1 fully saturated rings. The van der Waals surface area contributed by atoms with Crippen molar-refractivity contribution in [2.75, 3.05) is 45.1 Å². The number of piperazine rings is 1. The smallest absolute Gasteiger partial charge is 0.238 e. The molecule has 1 aromatic rings. The second kappa shape index (κ2) is 10.8. The van der Waals surface area contributed by atoms with E-state index in [0.717, 1.165) is 0 Å². The molecule has 0 saturated carbocycles. The predicted octanol–water partition coefficient (Wildman–Crippen LogP) is 0.676. The number of rotatable bonds is 8. The van der Waals surface area contributed by atoms with Gasteiger partial charge in [-0.3, -0.25) is 4.79 Å². The molecule has 0 aromatic heterocycles. The third kappa shape index (κ3) is 6.81. The van der Waals surface area contributed by atoms with E-state index < -0.39 is 10.0 Å². The summed E-state index contributed by atoms with van der Waals surface area (Å²) in [5, 5.41) is 3.17. The quantitative estimate of drug-likeness (QED) is 0.616. The van der Waals surface area contributed by atoms with Gasteiger partial charge in [0.2, 0.25) is 15.9 Å². The standard InChI is InChI=1S/C16H24FN3O4S.ClH/c1-2-24-8-9-25(22,23)19-12-16(21)20-7-6-18-11-15(20)13-4-3-5-14(17)10-13;/h3-5,10,15,18-19H,2,6-9,11-12H2,1H3;1H. The number of hydrogen-bond acceptors (Lipinski definition) is 5. The summed E-state index contributed by atoms with van der Waals surface area (Å²) >= 11 is 0. The van der Waals surface area contributed by atoms with Gasteiger partial charge in [0.25, 0.3) is 0 Å². The van der Waals surface area contributed by atoms with Crippen LogP contribution in [0.3, 0.4) is 0 Å². The van der Waals surface area contributed by atoms with Crippen LogP contribution in [0.1, 0.15) is 18.5 Å². The Morgan fingerprint density at radius 2 is 2.23 bits per heavy atom. The van der Waals surface area contributed by atoms with Crippen molar-refractivity contribution in [3.05, 3.63) is 35.6 Å². The van der Waals surface area contributed by atoms with E-state index in [1.54, 1.807) is 24.0 Å². The van der Waals surface area contributed by atoms with Crippen LogP contribution in [0.25, 0.3) is 0 Å². The Labute approximate surface area is 159 Å². The molecule has 1 aliphatic heterocycles. The Bertz CT molecular complexity index is 690. The van der Waals surface area contributed by atoms with Crippen molar-refractivity contribution in [2.45, 2.75) is 13.0 Å². The van der Waals surface area contributed by atoms with Crippen LogP contribution in [0.15, 0.2) is 24.3 Å². The Morgan fingerprint density at radius 1 is 1.46 bits per heavy atom. The maximum absolute atomic E-state index is 13.5. The van der Waals surface area contributed by atoms with Crippen molar-refractivity contribution in [1.29, 1.82) is 0 Å². The first kappa shape index (κ1) is 22.8. The highest BCUT2D eigenvalue weighted by Gasteiger charge is 2.28. The lowest BCUT2D eigenvalue weighted by atomic mass is 10.0. The third-order valence-electron chi connectivity index (χ3n) is 3.94. The first-order valence-electron chi connectivity index (χ1n) is 8.23. The zero-order valence-electron chi connectivity index (χ0n) is 14.6. The summed E-state index contributed by atoms with van der Waals surface area (Å²) in [5.74, 6) is -0.897. The fraction of sp³-hybridized carbons (Fsp3) is 0.562. The molecule has 2 rings (SSSR count). The second-order valence-electron chi connectivity index (χ2n) is 5.70. The zero-order chi connectivity index (χ0) is 18.3. The van der Waals surface area contributed by atoms with Gasteiger partial charge in [0, 0.05) is 26.2 Å². The minimum atomic E-state index is -3.57. The van der Waals surface area contributed by atoms with E-state index in [9.17, 15) is 17.6 Å². The van der Waals surface area contributed by atoms with Crippen LogP contribution >= 0.6 is 12.4 Å². The van der Waals surface area contributed by atoms with E-state index >= 15 is 0 Å². The Hall–Kier alpha value is -1.26. The third-order valence-corrected chi connectivity index (χ3v) is 5.23. The average molecular weight is 410 g/mol. The number of carbonyl (C=O) groups excluding carboxylic acids is 1. The molecule has 1 amide bonds. The predicted molar refractivity (Wildman–Crippen MR) is 99.3 cm³/mol. The van der Waals surface area contributed by atoms with Gasteiger partial charge >= 0.3 is 0 Å². The highest BCUT2D eigenvalue weighted by atomic mass is 35.5. The number of nitrogens with zero attached hydrogens (tertiary/aromatic N) is 1. The molecular weight excluding hydrogens is 385 g/mol. The highest BCUT2D eigenvalue weighted by molar-refractivity contribution is 7.89. The van der Waals surface area contributed by atoms with Gasteiger partial charge in [0.1, 0.15) is 5.82 Å². The minimum Gasteiger partial charge on any atom is -0.381 e. The molecule has 0 bridgehead atoms. The molecule has 148 valence electrons. The fourth-order valence-electron chi connectivity index (χ4n) is 2.67. The van der Waals surface area contributed by atoms with E-state index in [1.807, 2.05) is 0 Å². The van der Waals surface area contributed by atoms with Crippen molar-refractivity contribution < 1.29 is 22.3 Å². The van der Waals surface area contributed by atoms with Crippen molar-refractivity contribution in [3.8, 4) is 0 Å². The lowest BCUT2D eigenvalue weighted by Crippen LogP contribution is -2.51. The molecule has 1 heterocycles. The number of amides is 1. The first-order chi connectivity index (χ1) is 11.9. The summed E-state index contributed by atoms with van der Waals surface area (Å²) in [7, 11) is -3.57. The van der Waals surface area contributed by atoms with Crippen LogP contribution in [0.2, 0.25) is 0 Å². The molecule has 1 aliphatic rings. The molecule has 0 aliphatic carbocycles. The second-order valence-corrected chi connectivity index (χ2v) is 7.63. The topological polar surface area (TPSA) is 87.7 Å². The van der Waals surface area contributed by atoms with Crippen molar-refractivity contribution in [3.63, 3.8) is 0 Å². The SMILES string of the molecule is CCOCCS(=O)(=O)NCC(=O)N1CCNCC1c1cccc(F)c1.Cl. The van der Waals surface area contributed by atoms with Crippen LogP contribution < -0.4 is 10.0 Å². The fourth-order valence-corrected chi connectivity index (χ4v) is 3.50. The average Bonchev–Trinajstić information content (AvgIpc) is 2.60. The van der Waals surface area contributed by atoms with Crippen LogP contribution in [0.5, 0.6) is 0 Å². The molecule has 1 atom stereocenters. The molecule has 2 N–H and O–H groups in total. The van der Waals surface area contributed by atoms with Crippen molar-refractivity contribution >= 4 is 28.3 Å². The van der Waals surface area contributed by atoms with E-state index in [1.165, 1.54) is 12.1 Å². The van der Waals surface area contributed by atoms with Gasteiger partial charge < -0.3 is 15.0 Å². The molecule has 0 radical (unpaired) electrons. The summed E-state index contributed by atoms with van der Waals surface area (Å²) in [6.45, 7) is 3.51. The molecule has 10 heteroatoms. The minimum absolute atomic E-state index is 0. The van der Waals surface area contributed by atoms with E-state index in [4.69, 9.17) is 4.74 Å². The number of benzene rings is 1. The van der Waals surface area contributed by atoms with Crippen LogP contribution in [-0.4, -0.2) is 64.4 Å². The number of hydrogen-bond donors (Lipinski definition) is 2. The summed E-state index contributed by atoms with van der Waals surface area (Å²) < 4.78 is 44.5. The molecule has 0 spiro atoms. The Kier molecular flexibility index (Phi) is 9.45. The van der Waals surface area contributed by atoms with Crippen molar-refractivity contribution in [2.24, 2.45) is 0 Å². The van der Waals surface area contributed by atoms with Crippen LogP contribution in [0.4, 0.5) is 4.39 Å².